The fourth-order valence-corrected chi connectivity index (χ4v) is 3.00. The van der Waals surface area contributed by atoms with Crippen LogP contribution in [0.5, 0.6) is 0 Å². The summed E-state index contributed by atoms with van der Waals surface area (Å²) in [6.45, 7) is 6.11. The first-order valence-electron chi connectivity index (χ1n) is 7.65. The van der Waals surface area contributed by atoms with Gasteiger partial charge in [0.25, 0.3) is 0 Å². The predicted octanol–water partition coefficient (Wildman–Crippen LogP) is 1.26. The maximum absolute atomic E-state index is 12.1. The van der Waals surface area contributed by atoms with Gasteiger partial charge in [-0.15, -0.1) is 0 Å². The van der Waals surface area contributed by atoms with Crippen molar-refractivity contribution in [1.29, 1.82) is 0 Å². The lowest BCUT2D eigenvalue weighted by Crippen LogP contribution is -2.43. The van der Waals surface area contributed by atoms with Crippen LogP contribution in [0.4, 0.5) is 5.69 Å². The molecule has 4 heteroatoms. The predicted molar refractivity (Wildman–Crippen MR) is 81.0 cm³/mol. The first-order valence-corrected chi connectivity index (χ1v) is 7.65. The van der Waals surface area contributed by atoms with Crippen molar-refractivity contribution in [2.45, 2.75) is 19.3 Å². The molecule has 2 aliphatic heterocycles. The van der Waals surface area contributed by atoms with Crippen LogP contribution >= 0.6 is 0 Å². The number of anilines is 1. The first kappa shape index (κ1) is 13.4. The third-order valence-electron chi connectivity index (χ3n) is 4.23. The van der Waals surface area contributed by atoms with Crippen LogP contribution in [0.1, 0.15) is 18.4 Å². The molecule has 0 saturated carbocycles. The molecule has 20 heavy (non-hydrogen) atoms. The summed E-state index contributed by atoms with van der Waals surface area (Å²) < 4.78 is 0. The van der Waals surface area contributed by atoms with E-state index in [1.807, 2.05) is 4.90 Å². The zero-order chi connectivity index (χ0) is 13.8. The summed E-state index contributed by atoms with van der Waals surface area (Å²) in [7, 11) is 0. The lowest BCUT2D eigenvalue weighted by atomic mass is 10.1. The number of rotatable bonds is 3. The topological polar surface area (TPSA) is 35.6 Å². The van der Waals surface area contributed by atoms with Gasteiger partial charge < -0.3 is 15.1 Å². The lowest BCUT2D eigenvalue weighted by molar-refractivity contribution is -0.129. The average molecular weight is 273 g/mol. The number of carbonyl (C=O) groups is 1. The molecule has 1 aromatic carbocycles. The largest absolute Gasteiger partial charge is 0.369 e. The maximum Gasteiger partial charge on any atom is 0.226 e. The second-order valence-electron chi connectivity index (χ2n) is 5.67. The van der Waals surface area contributed by atoms with Gasteiger partial charge in [0.15, 0.2) is 0 Å². The third kappa shape index (κ3) is 3.12. The summed E-state index contributed by atoms with van der Waals surface area (Å²) in [5.74, 6) is 0.275. The van der Waals surface area contributed by atoms with E-state index in [-0.39, 0.29) is 5.91 Å². The Hall–Kier alpha value is -1.55. The van der Waals surface area contributed by atoms with E-state index in [4.69, 9.17) is 0 Å². The molecule has 0 radical (unpaired) electrons. The van der Waals surface area contributed by atoms with Crippen LogP contribution in [0.15, 0.2) is 24.3 Å². The third-order valence-corrected chi connectivity index (χ3v) is 4.23. The van der Waals surface area contributed by atoms with E-state index in [1.54, 1.807) is 0 Å². The van der Waals surface area contributed by atoms with Crippen molar-refractivity contribution in [2.24, 2.45) is 0 Å². The smallest absolute Gasteiger partial charge is 0.226 e. The number of likely N-dealkylation sites (tertiary alicyclic amines) is 1. The Morgan fingerprint density at radius 1 is 1.00 bits per heavy atom. The minimum absolute atomic E-state index is 0.275. The molecule has 1 N–H and O–H groups in total. The monoisotopic (exact) mass is 273 g/mol. The second-order valence-corrected chi connectivity index (χ2v) is 5.67. The average Bonchev–Trinajstić information content (AvgIpc) is 3.03. The highest BCUT2D eigenvalue weighted by molar-refractivity contribution is 5.79. The molecule has 1 amide bonds. The molecule has 0 bridgehead atoms. The molecule has 2 saturated heterocycles. The molecule has 1 aromatic rings. The Morgan fingerprint density at radius 3 is 2.30 bits per heavy atom. The molecule has 0 atom stereocenters. The van der Waals surface area contributed by atoms with Gasteiger partial charge in [-0.25, -0.2) is 0 Å². The van der Waals surface area contributed by atoms with E-state index in [1.165, 1.54) is 5.69 Å². The Kier molecular flexibility index (Phi) is 4.21. The number of hydrogen-bond donors (Lipinski definition) is 1. The van der Waals surface area contributed by atoms with Crippen molar-refractivity contribution in [3.63, 3.8) is 0 Å². The fourth-order valence-electron chi connectivity index (χ4n) is 3.00. The molecule has 3 rings (SSSR count). The quantitative estimate of drug-likeness (QED) is 0.900. The number of piperazine rings is 1. The highest BCUT2D eigenvalue weighted by atomic mass is 16.2. The van der Waals surface area contributed by atoms with Crippen LogP contribution in [0, 0.1) is 0 Å². The number of benzene rings is 1. The van der Waals surface area contributed by atoms with Crippen molar-refractivity contribution in [3.05, 3.63) is 29.8 Å². The summed E-state index contributed by atoms with van der Waals surface area (Å²) in [4.78, 5) is 16.5. The molecule has 4 nitrogen and oxygen atoms in total. The minimum atomic E-state index is 0.275. The Morgan fingerprint density at radius 2 is 1.65 bits per heavy atom. The molecule has 2 aliphatic rings. The van der Waals surface area contributed by atoms with Crippen molar-refractivity contribution in [2.75, 3.05) is 44.2 Å². The summed E-state index contributed by atoms with van der Waals surface area (Å²) in [5, 5.41) is 3.36. The zero-order valence-electron chi connectivity index (χ0n) is 12.0. The van der Waals surface area contributed by atoms with Crippen LogP contribution in [-0.2, 0) is 11.2 Å². The summed E-state index contributed by atoms with van der Waals surface area (Å²) >= 11 is 0. The summed E-state index contributed by atoms with van der Waals surface area (Å²) in [6, 6.07) is 8.51. The van der Waals surface area contributed by atoms with Gasteiger partial charge in [-0.2, -0.15) is 0 Å². The Labute approximate surface area is 120 Å². The zero-order valence-corrected chi connectivity index (χ0v) is 12.0. The van der Waals surface area contributed by atoms with Crippen molar-refractivity contribution in [1.82, 2.24) is 10.2 Å². The lowest BCUT2D eigenvalue weighted by Gasteiger charge is -2.29. The van der Waals surface area contributed by atoms with Crippen LogP contribution in [-0.4, -0.2) is 50.1 Å². The van der Waals surface area contributed by atoms with Gasteiger partial charge in [-0.05, 0) is 30.5 Å². The normalized spacial score (nSPS) is 19.4. The van der Waals surface area contributed by atoms with Crippen LogP contribution in [0.3, 0.4) is 0 Å². The minimum Gasteiger partial charge on any atom is -0.369 e. The van der Waals surface area contributed by atoms with Gasteiger partial charge in [-0.1, -0.05) is 12.1 Å². The Bertz CT molecular complexity index is 445. The van der Waals surface area contributed by atoms with E-state index in [2.05, 4.69) is 34.5 Å². The summed E-state index contributed by atoms with van der Waals surface area (Å²) in [6.07, 6.45) is 2.86. The van der Waals surface area contributed by atoms with E-state index < -0.39 is 0 Å². The van der Waals surface area contributed by atoms with Gasteiger partial charge in [0.1, 0.15) is 0 Å². The number of hydrogen-bond acceptors (Lipinski definition) is 3. The first-order chi connectivity index (χ1) is 9.83. The number of nitrogens with one attached hydrogen (secondary N) is 1. The van der Waals surface area contributed by atoms with Crippen LogP contribution in [0.25, 0.3) is 0 Å². The molecule has 2 heterocycles. The molecule has 0 unspecified atom stereocenters. The number of nitrogens with zero attached hydrogens (tertiary/aromatic N) is 2. The molecule has 108 valence electrons. The van der Waals surface area contributed by atoms with Crippen molar-refractivity contribution < 1.29 is 4.79 Å². The second kappa shape index (κ2) is 6.27. The standard InChI is InChI=1S/C16H23N3O/c20-16(19-9-1-2-10-19)13-14-3-5-15(6-4-14)18-11-7-17-8-12-18/h3-6,17H,1-2,7-13H2. The molecular formula is C16H23N3O. The summed E-state index contributed by atoms with van der Waals surface area (Å²) in [5.41, 5.74) is 2.39. The van der Waals surface area contributed by atoms with Crippen molar-refractivity contribution in [3.8, 4) is 0 Å². The molecular weight excluding hydrogens is 250 g/mol. The van der Waals surface area contributed by atoms with Gasteiger partial charge in [0, 0.05) is 45.0 Å². The molecule has 2 fully saturated rings. The number of carbonyl (C=O) groups excluding carboxylic acids is 1. The van der Waals surface area contributed by atoms with Gasteiger partial charge in [-0.3, -0.25) is 4.79 Å². The molecule has 0 spiro atoms. The van der Waals surface area contributed by atoms with Crippen LogP contribution < -0.4 is 10.2 Å². The van der Waals surface area contributed by atoms with E-state index >= 15 is 0 Å². The van der Waals surface area contributed by atoms with E-state index in [9.17, 15) is 4.79 Å². The van der Waals surface area contributed by atoms with Gasteiger partial charge >= 0.3 is 0 Å². The Balaban J connectivity index is 1.59. The molecule has 0 aliphatic carbocycles. The van der Waals surface area contributed by atoms with E-state index in [0.29, 0.717) is 6.42 Å². The SMILES string of the molecule is O=C(Cc1ccc(N2CCNCC2)cc1)N1CCCC1. The van der Waals surface area contributed by atoms with Crippen LogP contribution in [0.2, 0.25) is 0 Å². The van der Waals surface area contributed by atoms with Gasteiger partial charge in [0.2, 0.25) is 5.91 Å². The van der Waals surface area contributed by atoms with E-state index in [0.717, 1.165) is 57.7 Å². The van der Waals surface area contributed by atoms with Gasteiger partial charge in [0.05, 0.1) is 6.42 Å². The molecule has 0 aromatic heterocycles. The number of amides is 1. The highest BCUT2D eigenvalue weighted by Gasteiger charge is 2.18. The maximum atomic E-state index is 12.1. The highest BCUT2D eigenvalue weighted by Crippen LogP contribution is 2.17. The van der Waals surface area contributed by atoms with Crippen molar-refractivity contribution >= 4 is 11.6 Å². The fraction of sp³-hybridized carbons (Fsp3) is 0.562.